The second kappa shape index (κ2) is 5.34. The van der Waals surface area contributed by atoms with Gasteiger partial charge in [0.2, 0.25) is 0 Å². The molecular weight excluding hydrogens is 315 g/mol. The Morgan fingerprint density at radius 3 is 2.25 bits per heavy atom. The van der Waals surface area contributed by atoms with Crippen LogP contribution in [0.5, 0.6) is 0 Å². The van der Waals surface area contributed by atoms with Gasteiger partial charge in [-0.1, -0.05) is 11.6 Å². The second-order valence-electron chi connectivity index (χ2n) is 3.80. The molecule has 0 aliphatic rings. The molecule has 1 N–H and O–H groups in total. The Morgan fingerprint density at radius 1 is 0.950 bits per heavy atom. The summed E-state index contributed by atoms with van der Waals surface area (Å²) in [4.78, 5) is -0.784. The van der Waals surface area contributed by atoms with Crippen molar-refractivity contribution in [1.82, 2.24) is 0 Å². The SMILES string of the molecule is O=S(=O)(Nc1ccc(Cl)cc1F)c1ccc(F)cc1F. The monoisotopic (exact) mass is 321 g/mol. The van der Waals surface area contributed by atoms with Crippen molar-refractivity contribution in [2.45, 2.75) is 4.90 Å². The van der Waals surface area contributed by atoms with Crippen LogP contribution in [0.1, 0.15) is 0 Å². The predicted octanol–water partition coefficient (Wildman–Crippen LogP) is 3.56. The average Bonchev–Trinajstić information content (AvgIpc) is 2.32. The number of halogens is 4. The number of rotatable bonds is 3. The lowest BCUT2D eigenvalue weighted by Crippen LogP contribution is -2.15. The first-order chi connectivity index (χ1) is 9.29. The summed E-state index contributed by atoms with van der Waals surface area (Å²) < 4.78 is 65.3. The molecule has 0 aliphatic carbocycles. The highest BCUT2D eigenvalue weighted by Gasteiger charge is 2.21. The first-order valence-corrected chi connectivity index (χ1v) is 7.08. The molecule has 2 aromatic carbocycles. The quantitative estimate of drug-likeness (QED) is 0.939. The Balaban J connectivity index is 2.41. The van der Waals surface area contributed by atoms with Gasteiger partial charge in [0, 0.05) is 11.1 Å². The van der Waals surface area contributed by atoms with Crippen molar-refractivity contribution < 1.29 is 21.6 Å². The fourth-order valence-electron chi connectivity index (χ4n) is 1.47. The van der Waals surface area contributed by atoms with E-state index in [9.17, 15) is 21.6 Å². The molecule has 2 rings (SSSR count). The van der Waals surface area contributed by atoms with Crippen LogP contribution in [-0.4, -0.2) is 8.42 Å². The number of benzene rings is 2. The molecule has 0 saturated heterocycles. The molecule has 0 aromatic heterocycles. The van der Waals surface area contributed by atoms with Crippen molar-refractivity contribution in [1.29, 1.82) is 0 Å². The van der Waals surface area contributed by atoms with Crippen LogP contribution in [0.15, 0.2) is 41.3 Å². The predicted molar refractivity (Wildman–Crippen MR) is 68.6 cm³/mol. The Labute approximate surface area is 118 Å². The number of hydrogen-bond acceptors (Lipinski definition) is 2. The lowest BCUT2D eigenvalue weighted by atomic mass is 10.3. The fourth-order valence-corrected chi connectivity index (χ4v) is 2.75. The van der Waals surface area contributed by atoms with E-state index < -0.39 is 38.1 Å². The van der Waals surface area contributed by atoms with Gasteiger partial charge in [-0.2, -0.15) is 0 Å². The van der Waals surface area contributed by atoms with Crippen molar-refractivity contribution in [2.24, 2.45) is 0 Å². The molecule has 20 heavy (non-hydrogen) atoms. The third kappa shape index (κ3) is 3.05. The molecular formula is C12H7ClF3NO2S. The Kier molecular flexibility index (Phi) is 3.92. The van der Waals surface area contributed by atoms with Crippen molar-refractivity contribution in [3.05, 3.63) is 58.9 Å². The van der Waals surface area contributed by atoms with E-state index in [1.54, 1.807) is 0 Å². The number of anilines is 1. The summed E-state index contributed by atoms with van der Waals surface area (Å²) in [6.45, 7) is 0. The minimum Gasteiger partial charge on any atom is -0.277 e. The molecule has 0 amide bonds. The number of hydrogen-bond donors (Lipinski definition) is 1. The molecule has 0 radical (unpaired) electrons. The Morgan fingerprint density at radius 2 is 1.65 bits per heavy atom. The topological polar surface area (TPSA) is 46.2 Å². The molecule has 0 unspecified atom stereocenters. The maximum absolute atomic E-state index is 13.5. The van der Waals surface area contributed by atoms with Crippen LogP contribution in [0.4, 0.5) is 18.9 Å². The largest absolute Gasteiger partial charge is 0.277 e. The molecule has 0 atom stereocenters. The van der Waals surface area contributed by atoms with E-state index >= 15 is 0 Å². The minimum absolute atomic E-state index is 0.0819. The summed E-state index contributed by atoms with van der Waals surface area (Å²) in [6.07, 6.45) is 0. The molecule has 3 nitrogen and oxygen atoms in total. The molecule has 0 spiro atoms. The molecule has 0 heterocycles. The molecule has 0 fully saturated rings. The van der Waals surface area contributed by atoms with Gasteiger partial charge in [-0.15, -0.1) is 0 Å². The van der Waals surface area contributed by atoms with Crippen LogP contribution in [0.3, 0.4) is 0 Å². The van der Waals surface area contributed by atoms with Gasteiger partial charge in [0.05, 0.1) is 5.69 Å². The number of nitrogens with one attached hydrogen (secondary N) is 1. The van der Waals surface area contributed by atoms with Gasteiger partial charge in [0.1, 0.15) is 22.3 Å². The van der Waals surface area contributed by atoms with Crippen molar-refractivity contribution in [3.8, 4) is 0 Å². The Bertz CT molecular complexity index is 765. The van der Waals surface area contributed by atoms with Crippen LogP contribution >= 0.6 is 11.6 Å². The van der Waals surface area contributed by atoms with Gasteiger partial charge >= 0.3 is 0 Å². The highest BCUT2D eigenvalue weighted by atomic mass is 35.5. The van der Waals surface area contributed by atoms with Crippen molar-refractivity contribution in [3.63, 3.8) is 0 Å². The van der Waals surface area contributed by atoms with Crippen LogP contribution in [0, 0.1) is 17.5 Å². The van der Waals surface area contributed by atoms with Gasteiger partial charge in [0.15, 0.2) is 0 Å². The average molecular weight is 322 g/mol. The van der Waals surface area contributed by atoms with E-state index in [0.717, 1.165) is 24.3 Å². The third-order valence-electron chi connectivity index (χ3n) is 2.36. The highest BCUT2D eigenvalue weighted by molar-refractivity contribution is 7.92. The molecule has 2 aromatic rings. The molecule has 0 bridgehead atoms. The van der Waals surface area contributed by atoms with Gasteiger partial charge in [-0.25, -0.2) is 21.6 Å². The maximum atomic E-state index is 13.5. The van der Waals surface area contributed by atoms with Gasteiger partial charge in [0.25, 0.3) is 10.0 Å². The zero-order chi connectivity index (χ0) is 14.9. The molecule has 8 heteroatoms. The highest BCUT2D eigenvalue weighted by Crippen LogP contribution is 2.23. The zero-order valence-electron chi connectivity index (χ0n) is 9.70. The van der Waals surface area contributed by atoms with Crippen molar-refractivity contribution in [2.75, 3.05) is 4.72 Å². The van der Waals surface area contributed by atoms with Crippen LogP contribution in [-0.2, 0) is 10.0 Å². The van der Waals surface area contributed by atoms with Crippen LogP contribution < -0.4 is 4.72 Å². The van der Waals surface area contributed by atoms with Gasteiger partial charge < -0.3 is 0 Å². The summed E-state index contributed by atoms with van der Waals surface area (Å²) in [6, 6.07) is 5.23. The normalized spacial score (nSPS) is 11.4. The molecule has 106 valence electrons. The van der Waals surface area contributed by atoms with E-state index in [-0.39, 0.29) is 5.02 Å². The standard InChI is InChI=1S/C12H7ClF3NO2S/c13-7-1-3-11(9(15)5-7)17-20(18,19)12-4-2-8(14)6-10(12)16/h1-6,17H. The summed E-state index contributed by atoms with van der Waals surface area (Å²) >= 11 is 5.53. The van der Waals surface area contributed by atoms with E-state index in [1.165, 1.54) is 6.07 Å². The van der Waals surface area contributed by atoms with E-state index in [0.29, 0.717) is 6.07 Å². The van der Waals surface area contributed by atoms with E-state index in [4.69, 9.17) is 11.6 Å². The first kappa shape index (κ1) is 14.7. The molecule has 0 aliphatic heterocycles. The Hall–Kier alpha value is -1.73. The number of sulfonamides is 1. The minimum atomic E-state index is -4.37. The van der Waals surface area contributed by atoms with Crippen molar-refractivity contribution >= 4 is 27.3 Å². The first-order valence-electron chi connectivity index (χ1n) is 5.22. The summed E-state index contributed by atoms with van der Waals surface area (Å²) in [5.41, 5.74) is -0.391. The second-order valence-corrected chi connectivity index (χ2v) is 5.89. The lowest BCUT2D eigenvalue weighted by molar-refractivity contribution is 0.550. The van der Waals surface area contributed by atoms with Crippen LogP contribution in [0.2, 0.25) is 5.02 Å². The smallest absolute Gasteiger partial charge is 0.264 e. The molecule has 0 saturated carbocycles. The van der Waals surface area contributed by atoms with E-state index in [1.807, 2.05) is 4.72 Å². The van der Waals surface area contributed by atoms with Crippen LogP contribution in [0.25, 0.3) is 0 Å². The zero-order valence-corrected chi connectivity index (χ0v) is 11.3. The lowest BCUT2D eigenvalue weighted by Gasteiger charge is -2.09. The third-order valence-corrected chi connectivity index (χ3v) is 3.99. The van der Waals surface area contributed by atoms with Gasteiger partial charge in [-0.3, -0.25) is 4.72 Å². The maximum Gasteiger partial charge on any atom is 0.264 e. The van der Waals surface area contributed by atoms with Gasteiger partial charge in [-0.05, 0) is 30.3 Å². The summed E-state index contributed by atoms with van der Waals surface area (Å²) in [5.74, 6) is -3.10. The fraction of sp³-hybridized carbons (Fsp3) is 0. The summed E-state index contributed by atoms with van der Waals surface area (Å²) in [5, 5.41) is 0.0819. The van der Waals surface area contributed by atoms with E-state index in [2.05, 4.69) is 0 Å². The summed E-state index contributed by atoms with van der Waals surface area (Å²) in [7, 11) is -4.37.